The lowest BCUT2D eigenvalue weighted by Crippen LogP contribution is -2.24. The highest BCUT2D eigenvalue weighted by Crippen LogP contribution is 2.14. The summed E-state index contributed by atoms with van der Waals surface area (Å²) in [4.78, 5) is 16.1. The highest BCUT2D eigenvalue weighted by Gasteiger charge is 2.09. The number of anilines is 1. The Morgan fingerprint density at radius 2 is 2.16 bits per heavy atom. The Balaban J connectivity index is 1.82. The molecule has 1 heterocycles. The molecule has 3 N–H and O–H groups in total. The molecule has 0 fully saturated rings. The van der Waals surface area contributed by atoms with Crippen LogP contribution in [0.1, 0.15) is 42.1 Å². The normalized spacial score (nSPS) is 10.8. The molecule has 0 atom stereocenters. The number of nitrogens with two attached hydrogens (primary N) is 1. The molecule has 0 radical (unpaired) electrons. The van der Waals surface area contributed by atoms with E-state index in [-0.39, 0.29) is 11.7 Å². The van der Waals surface area contributed by atoms with Crippen LogP contribution in [0.4, 0.5) is 5.82 Å². The third-order valence-corrected chi connectivity index (χ3v) is 3.62. The van der Waals surface area contributed by atoms with Gasteiger partial charge in [0.25, 0.3) is 5.91 Å². The Labute approximate surface area is 148 Å². The van der Waals surface area contributed by atoms with E-state index in [1.807, 2.05) is 24.3 Å². The van der Waals surface area contributed by atoms with Crippen LogP contribution < -0.4 is 15.8 Å². The van der Waals surface area contributed by atoms with Gasteiger partial charge in [0.05, 0.1) is 12.2 Å². The lowest BCUT2D eigenvalue weighted by molar-refractivity contribution is 0.0951. The zero-order valence-corrected chi connectivity index (χ0v) is 14.6. The van der Waals surface area contributed by atoms with Gasteiger partial charge in [-0.25, -0.2) is 4.98 Å². The van der Waals surface area contributed by atoms with Crippen LogP contribution in [0.25, 0.3) is 0 Å². The number of nitrogens with one attached hydrogen (secondary N) is 1. The number of unbranched alkanes of at least 4 members (excludes halogenated alkanes) is 1. The number of hydrogen-bond donors (Lipinski definition) is 2. The summed E-state index contributed by atoms with van der Waals surface area (Å²) < 4.78 is 5.76. The van der Waals surface area contributed by atoms with E-state index in [1.165, 1.54) is 0 Å². The molecule has 0 saturated heterocycles. The SMILES string of the molecule is CC/C=C/CCCOc1cccc(CNC(=O)c2cccnc2N)c1. The second kappa shape index (κ2) is 10.1. The van der Waals surface area contributed by atoms with Crippen LogP contribution in [0, 0.1) is 0 Å². The van der Waals surface area contributed by atoms with Gasteiger partial charge in [0.15, 0.2) is 0 Å². The number of carbonyl (C=O) groups excluding carboxylic acids is 1. The van der Waals surface area contributed by atoms with E-state index in [2.05, 4.69) is 29.4 Å². The minimum Gasteiger partial charge on any atom is -0.494 e. The molecule has 0 bridgehead atoms. The number of amides is 1. The van der Waals surface area contributed by atoms with Gasteiger partial charge in [-0.3, -0.25) is 4.79 Å². The molecular formula is C20H25N3O2. The van der Waals surface area contributed by atoms with Gasteiger partial charge in [-0.15, -0.1) is 0 Å². The van der Waals surface area contributed by atoms with Crippen LogP contribution in [0.5, 0.6) is 5.75 Å². The number of pyridine rings is 1. The molecule has 25 heavy (non-hydrogen) atoms. The van der Waals surface area contributed by atoms with Gasteiger partial charge >= 0.3 is 0 Å². The van der Waals surface area contributed by atoms with Crippen molar-refractivity contribution in [1.82, 2.24) is 10.3 Å². The van der Waals surface area contributed by atoms with Crippen molar-refractivity contribution < 1.29 is 9.53 Å². The van der Waals surface area contributed by atoms with Gasteiger partial charge in [0.1, 0.15) is 11.6 Å². The number of rotatable bonds is 9. The maximum absolute atomic E-state index is 12.2. The molecule has 1 aromatic heterocycles. The summed E-state index contributed by atoms with van der Waals surface area (Å²) in [6.07, 6.45) is 8.98. The second-order valence-electron chi connectivity index (χ2n) is 5.64. The van der Waals surface area contributed by atoms with Crippen molar-refractivity contribution in [3.05, 3.63) is 65.9 Å². The summed E-state index contributed by atoms with van der Waals surface area (Å²) >= 11 is 0. The van der Waals surface area contributed by atoms with E-state index in [0.29, 0.717) is 18.7 Å². The van der Waals surface area contributed by atoms with Crippen LogP contribution >= 0.6 is 0 Å². The minimum atomic E-state index is -0.236. The number of nitrogens with zero attached hydrogens (tertiary/aromatic N) is 1. The average Bonchev–Trinajstić information content (AvgIpc) is 2.63. The summed E-state index contributed by atoms with van der Waals surface area (Å²) in [5.74, 6) is 0.806. The van der Waals surface area contributed by atoms with Crippen molar-refractivity contribution in [3.8, 4) is 5.75 Å². The van der Waals surface area contributed by atoms with Gasteiger partial charge in [-0.1, -0.05) is 31.2 Å². The van der Waals surface area contributed by atoms with Crippen molar-refractivity contribution in [3.63, 3.8) is 0 Å². The molecule has 2 rings (SSSR count). The number of nitrogen functional groups attached to an aromatic ring is 1. The van der Waals surface area contributed by atoms with Gasteiger partial charge in [-0.05, 0) is 49.1 Å². The van der Waals surface area contributed by atoms with Crippen LogP contribution in [0.2, 0.25) is 0 Å². The maximum atomic E-state index is 12.2. The summed E-state index contributed by atoms with van der Waals surface area (Å²) in [7, 11) is 0. The van der Waals surface area contributed by atoms with Gasteiger partial charge in [0.2, 0.25) is 0 Å². The van der Waals surface area contributed by atoms with Crippen molar-refractivity contribution >= 4 is 11.7 Å². The Morgan fingerprint density at radius 3 is 2.96 bits per heavy atom. The first-order chi connectivity index (χ1) is 12.2. The summed E-state index contributed by atoms with van der Waals surface area (Å²) in [5, 5.41) is 2.85. The zero-order chi connectivity index (χ0) is 17.9. The van der Waals surface area contributed by atoms with Gasteiger partial charge < -0.3 is 15.8 Å². The first kappa shape index (κ1) is 18.5. The monoisotopic (exact) mass is 339 g/mol. The second-order valence-corrected chi connectivity index (χ2v) is 5.64. The van der Waals surface area contributed by atoms with Crippen LogP contribution in [-0.4, -0.2) is 17.5 Å². The molecule has 1 aromatic carbocycles. The third kappa shape index (κ3) is 6.30. The quantitative estimate of drug-likeness (QED) is 0.539. The molecule has 0 aliphatic carbocycles. The molecule has 0 spiro atoms. The Bertz CT molecular complexity index is 714. The summed E-state index contributed by atoms with van der Waals surface area (Å²) in [6.45, 7) is 3.21. The number of aromatic nitrogens is 1. The van der Waals surface area contributed by atoms with Crippen LogP contribution in [0.3, 0.4) is 0 Å². The smallest absolute Gasteiger partial charge is 0.255 e. The van der Waals surface area contributed by atoms with Crippen molar-refractivity contribution in [2.75, 3.05) is 12.3 Å². The van der Waals surface area contributed by atoms with E-state index in [1.54, 1.807) is 18.3 Å². The highest BCUT2D eigenvalue weighted by molar-refractivity contribution is 5.98. The first-order valence-corrected chi connectivity index (χ1v) is 8.56. The molecule has 5 nitrogen and oxygen atoms in total. The Morgan fingerprint density at radius 1 is 1.28 bits per heavy atom. The molecule has 132 valence electrons. The summed E-state index contributed by atoms with van der Waals surface area (Å²) in [6, 6.07) is 11.1. The number of allylic oxidation sites excluding steroid dienone is 2. The van der Waals surface area contributed by atoms with Crippen molar-refractivity contribution in [2.45, 2.75) is 32.7 Å². The maximum Gasteiger partial charge on any atom is 0.255 e. The average molecular weight is 339 g/mol. The fourth-order valence-corrected chi connectivity index (χ4v) is 2.31. The van der Waals surface area contributed by atoms with Crippen molar-refractivity contribution in [1.29, 1.82) is 0 Å². The fraction of sp³-hybridized carbons (Fsp3) is 0.300. The zero-order valence-electron chi connectivity index (χ0n) is 14.6. The molecule has 1 amide bonds. The molecule has 0 unspecified atom stereocenters. The molecule has 0 aliphatic rings. The van der Waals surface area contributed by atoms with Gasteiger partial charge in [0, 0.05) is 12.7 Å². The van der Waals surface area contributed by atoms with Gasteiger partial charge in [-0.2, -0.15) is 0 Å². The van der Waals surface area contributed by atoms with Crippen molar-refractivity contribution in [2.24, 2.45) is 0 Å². The fourth-order valence-electron chi connectivity index (χ4n) is 2.31. The molecule has 0 aliphatic heterocycles. The van der Waals surface area contributed by atoms with Crippen LogP contribution in [-0.2, 0) is 6.54 Å². The standard InChI is InChI=1S/C20H25N3O2/c1-2-3-4-5-6-13-25-17-10-7-9-16(14-17)15-23-20(24)18-11-8-12-22-19(18)21/h3-4,7-12,14H,2,5-6,13,15H2,1H3,(H2,21,22)(H,23,24)/b4-3+. The predicted octanol–water partition coefficient (Wildman–Crippen LogP) is 3.72. The Kier molecular flexibility index (Phi) is 7.50. The largest absolute Gasteiger partial charge is 0.494 e. The first-order valence-electron chi connectivity index (χ1n) is 8.56. The van der Waals surface area contributed by atoms with E-state index >= 15 is 0 Å². The lowest BCUT2D eigenvalue weighted by atomic mass is 10.2. The molecular weight excluding hydrogens is 314 g/mol. The topological polar surface area (TPSA) is 77.2 Å². The minimum absolute atomic E-state index is 0.231. The predicted molar refractivity (Wildman–Crippen MR) is 100 cm³/mol. The molecule has 2 aromatic rings. The van der Waals surface area contributed by atoms with E-state index in [4.69, 9.17) is 10.5 Å². The Hall–Kier alpha value is -2.82. The number of benzene rings is 1. The van der Waals surface area contributed by atoms with E-state index < -0.39 is 0 Å². The highest BCUT2D eigenvalue weighted by atomic mass is 16.5. The van der Waals surface area contributed by atoms with E-state index in [0.717, 1.165) is 30.6 Å². The van der Waals surface area contributed by atoms with Crippen LogP contribution in [0.15, 0.2) is 54.7 Å². The number of hydrogen-bond acceptors (Lipinski definition) is 4. The third-order valence-electron chi connectivity index (χ3n) is 3.62. The number of ether oxygens (including phenoxy) is 1. The molecule has 0 saturated carbocycles. The summed E-state index contributed by atoms with van der Waals surface area (Å²) in [5.41, 5.74) is 7.07. The molecule has 5 heteroatoms. The van der Waals surface area contributed by atoms with E-state index in [9.17, 15) is 4.79 Å². The number of carbonyl (C=O) groups is 1. The lowest BCUT2D eigenvalue weighted by Gasteiger charge is -2.09.